The number of hydrogen-bond donors (Lipinski definition) is 0. The number of Topliss-reactive ketones (excluding diaryl/α,β-unsaturated/α-hetero) is 1. The number of imidazole rings is 1. The Bertz CT molecular complexity index is 560. The predicted octanol–water partition coefficient (Wildman–Crippen LogP) is 2.26. The highest BCUT2D eigenvalue weighted by Gasteiger charge is 2.13. The number of anilines is 1. The van der Waals surface area contributed by atoms with Gasteiger partial charge in [-0.05, 0) is 12.1 Å². The summed E-state index contributed by atoms with van der Waals surface area (Å²) in [7, 11) is 3.89. The average molecular weight is 238 g/mol. The number of ketones is 1. The van der Waals surface area contributed by atoms with Crippen LogP contribution >= 0.6 is 11.6 Å². The number of rotatable bonds is 2. The molecule has 0 bridgehead atoms. The first-order valence-electron chi connectivity index (χ1n) is 4.86. The monoisotopic (exact) mass is 237 g/mol. The zero-order valence-electron chi connectivity index (χ0n) is 9.36. The molecule has 0 atom stereocenters. The zero-order valence-corrected chi connectivity index (χ0v) is 10.1. The molecule has 0 aromatic carbocycles. The lowest BCUT2D eigenvalue weighted by atomic mass is 10.3. The number of nitrogens with zero attached hydrogens (tertiary/aromatic N) is 3. The third kappa shape index (κ3) is 1.65. The topological polar surface area (TPSA) is 37.6 Å². The molecule has 4 nitrogen and oxygen atoms in total. The van der Waals surface area contributed by atoms with E-state index in [4.69, 9.17) is 11.6 Å². The Morgan fingerprint density at radius 1 is 1.50 bits per heavy atom. The Morgan fingerprint density at radius 2 is 2.19 bits per heavy atom. The van der Waals surface area contributed by atoms with Gasteiger partial charge in [-0.3, -0.25) is 9.20 Å². The van der Waals surface area contributed by atoms with Crippen LogP contribution in [0.3, 0.4) is 0 Å². The van der Waals surface area contributed by atoms with E-state index >= 15 is 0 Å². The fraction of sp³-hybridized carbons (Fsp3) is 0.273. The van der Waals surface area contributed by atoms with Crippen LogP contribution in [0.25, 0.3) is 5.52 Å². The first-order valence-corrected chi connectivity index (χ1v) is 5.24. The van der Waals surface area contributed by atoms with E-state index in [-0.39, 0.29) is 5.78 Å². The number of carbonyl (C=O) groups excluding carboxylic acids is 1. The zero-order chi connectivity index (χ0) is 11.9. The minimum atomic E-state index is -0.0977. The van der Waals surface area contributed by atoms with Gasteiger partial charge in [-0.1, -0.05) is 11.6 Å². The van der Waals surface area contributed by atoms with Crippen LogP contribution in [0.2, 0.25) is 5.15 Å². The van der Waals surface area contributed by atoms with Crippen molar-refractivity contribution in [1.82, 2.24) is 9.38 Å². The Labute approximate surface area is 98.5 Å². The highest BCUT2D eigenvalue weighted by Crippen LogP contribution is 2.23. The van der Waals surface area contributed by atoms with Crippen molar-refractivity contribution in [3.8, 4) is 0 Å². The maximum atomic E-state index is 11.3. The fourth-order valence-corrected chi connectivity index (χ4v) is 1.79. The lowest BCUT2D eigenvalue weighted by Gasteiger charge is -2.12. The molecule has 2 aromatic heterocycles. The standard InChI is InChI=1S/C11H12ClN3O/c1-7(16)11-13-10(12)9-6-8(14(2)3)4-5-15(9)11/h4-6H,1-3H3. The molecule has 0 spiro atoms. The number of pyridine rings is 1. The van der Waals surface area contributed by atoms with Crippen LogP contribution in [0.1, 0.15) is 17.5 Å². The lowest BCUT2D eigenvalue weighted by Crippen LogP contribution is -2.09. The van der Waals surface area contributed by atoms with E-state index in [0.717, 1.165) is 11.2 Å². The smallest absolute Gasteiger partial charge is 0.195 e. The van der Waals surface area contributed by atoms with E-state index in [9.17, 15) is 4.79 Å². The van der Waals surface area contributed by atoms with E-state index in [1.807, 2.05) is 31.1 Å². The third-order valence-corrected chi connectivity index (χ3v) is 2.69. The van der Waals surface area contributed by atoms with Gasteiger partial charge < -0.3 is 4.90 Å². The van der Waals surface area contributed by atoms with Gasteiger partial charge in [-0.15, -0.1) is 0 Å². The van der Waals surface area contributed by atoms with Crippen molar-refractivity contribution in [2.75, 3.05) is 19.0 Å². The van der Waals surface area contributed by atoms with Crippen molar-refractivity contribution in [1.29, 1.82) is 0 Å². The van der Waals surface area contributed by atoms with Crippen molar-refractivity contribution in [3.05, 3.63) is 29.3 Å². The van der Waals surface area contributed by atoms with Gasteiger partial charge in [0.1, 0.15) is 0 Å². The van der Waals surface area contributed by atoms with Gasteiger partial charge in [0.15, 0.2) is 16.8 Å². The Balaban J connectivity index is 2.71. The molecule has 0 aliphatic rings. The number of aromatic nitrogens is 2. The molecule has 0 amide bonds. The highest BCUT2D eigenvalue weighted by molar-refractivity contribution is 6.33. The molecule has 0 fully saturated rings. The second-order valence-electron chi connectivity index (χ2n) is 3.82. The minimum absolute atomic E-state index is 0.0977. The summed E-state index contributed by atoms with van der Waals surface area (Å²) < 4.78 is 1.71. The van der Waals surface area contributed by atoms with E-state index in [1.165, 1.54) is 6.92 Å². The molecule has 16 heavy (non-hydrogen) atoms. The minimum Gasteiger partial charge on any atom is -0.378 e. The number of fused-ring (bicyclic) bond motifs is 1. The molecule has 0 saturated carbocycles. The van der Waals surface area contributed by atoms with Crippen molar-refractivity contribution in [2.45, 2.75) is 6.92 Å². The molecule has 0 N–H and O–H groups in total. The number of halogens is 1. The lowest BCUT2D eigenvalue weighted by molar-refractivity contribution is 0.100. The van der Waals surface area contributed by atoms with Gasteiger partial charge in [0.2, 0.25) is 0 Å². The van der Waals surface area contributed by atoms with E-state index in [2.05, 4.69) is 4.98 Å². The van der Waals surface area contributed by atoms with E-state index < -0.39 is 0 Å². The highest BCUT2D eigenvalue weighted by atomic mass is 35.5. The summed E-state index contributed by atoms with van der Waals surface area (Å²) in [6.45, 7) is 1.48. The summed E-state index contributed by atoms with van der Waals surface area (Å²) in [5.41, 5.74) is 1.77. The molecule has 0 unspecified atom stereocenters. The number of carbonyl (C=O) groups is 1. The van der Waals surface area contributed by atoms with E-state index in [0.29, 0.717) is 11.0 Å². The molecular formula is C11H12ClN3O. The Morgan fingerprint density at radius 3 is 2.75 bits per heavy atom. The maximum absolute atomic E-state index is 11.3. The van der Waals surface area contributed by atoms with Gasteiger partial charge in [0.25, 0.3) is 0 Å². The molecule has 0 aliphatic heterocycles. The van der Waals surface area contributed by atoms with Crippen LogP contribution in [0.15, 0.2) is 18.3 Å². The first-order chi connectivity index (χ1) is 7.50. The van der Waals surface area contributed by atoms with Crippen LogP contribution in [0, 0.1) is 0 Å². The molecule has 2 rings (SSSR count). The van der Waals surface area contributed by atoms with Gasteiger partial charge in [-0.2, -0.15) is 0 Å². The second kappa shape index (κ2) is 3.79. The van der Waals surface area contributed by atoms with Crippen molar-refractivity contribution in [3.63, 3.8) is 0 Å². The summed E-state index contributed by atoms with van der Waals surface area (Å²) >= 11 is 6.00. The SMILES string of the molecule is CC(=O)c1nc(Cl)c2cc(N(C)C)ccn12. The summed E-state index contributed by atoms with van der Waals surface area (Å²) in [6, 6.07) is 3.82. The van der Waals surface area contributed by atoms with Crippen LogP contribution in [0.4, 0.5) is 5.69 Å². The van der Waals surface area contributed by atoms with Crippen molar-refractivity contribution in [2.24, 2.45) is 0 Å². The molecule has 0 aliphatic carbocycles. The quantitative estimate of drug-likeness (QED) is 0.752. The summed E-state index contributed by atoms with van der Waals surface area (Å²) in [4.78, 5) is 17.4. The van der Waals surface area contributed by atoms with Gasteiger partial charge in [-0.25, -0.2) is 4.98 Å². The summed E-state index contributed by atoms with van der Waals surface area (Å²) in [5.74, 6) is 0.268. The summed E-state index contributed by atoms with van der Waals surface area (Å²) in [5, 5.41) is 0.355. The van der Waals surface area contributed by atoms with Crippen molar-refractivity contribution < 1.29 is 4.79 Å². The predicted molar refractivity (Wildman–Crippen MR) is 64.5 cm³/mol. The Kier molecular flexibility index (Phi) is 2.59. The van der Waals surface area contributed by atoms with E-state index in [1.54, 1.807) is 10.6 Å². The van der Waals surface area contributed by atoms with Gasteiger partial charge in [0, 0.05) is 32.9 Å². The maximum Gasteiger partial charge on any atom is 0.195 e. The van der Waals surface area contributed by atoms with Crippen LogP contribution in [-0.4, -0.2) is 29.3 Å². The molecule has 2 aromatic rings. The summed E-state index contributed by atoms with van der Waals surface area (Å²) in [6.07, 6.45) is 1.81. The van der Waals surface area contributed by atoms with Gasteiger partial charge in [0.05, 0.1) is 5.52 Å². The molecule has 5 heteroatoms. The molecule has 0 radical (unpaired) electrons. The number of hydrogen-bond acceptors (Lipinski definition) is 3. The molecule has 0 saturated heterocycles. The third-order valence-electron chi connectivity index (χ3n) is 2.41. The first kappa shape index (κ1) is 11.0. The molecular weight excluding hydrogens is 226 g/mol. The largest absolute Gasteiger partial charge is 0.378 e. The molecule has 2 heterocycles. The fourth-order valence-electron chi connectivity index (χ4n) is 1.56. The second-order valence-corrected chi connectivity index (χ2v) is 4.18. The van der Waals surface area contributed by atoms with Crippen molar-refractivity contribution >= 4 is 28.6 Å². The Hall–Kier alpha value is -1.55. The van der Waals surface area contributed by atoms with Crippen LogP contribution in [-0.2, 0) is 0 Å². The van der Waals surface area contributed by atoms with Gasteiger partial charge >= 0.3 is 0 Å². The van der Waals surface area contributed by atoms with Crippen LogP contribution < -0.4 is 4.90 Å². The van der Waals surface area contributed by atoms with Crippen LogP contribution in [0.5, 0.6) is 0 Å². The normalized spacial score (nSPS) is 10.8. The molecule has 84 valence electrons. The average Bonchev–Trinajstić information content (AvgIpc) is 2.56.